The highest BCUT2D eigenvalue weighted by Crippen LogP contribution is 2.26. The number of aliphatic hydroxyl groups excluding tert-OH is 2. The molecule has 0 saturated heterocycles. The zero-order valence-electron chi connectivity index (χ0n) is 9.81. The second kappa shape index (κ2) is 5.27. The van der Waals surface area contributed by atoms with Gasteiger partial charge >= 0.3 is 0 Å². The van der Waals surface area contributed by atoms with Crippen LogP contribution in [0.4, 0.5) is 10.1 Å². The van der Waals surface area contributed by atoms with E-state index in [1.54, 1.807) is 31.9 Å². The van der Waals surface area contributed by atoms with Crippen LogP contribution in [0.5, 0.6) is 0 Å². The van der Waals surface area contributed by atoms with Crippen molar-refractivity contribution in [3.8, 4) is 0 Å². The Morgan fingerprint density at radius 3 is 2.44 bits per heavy atom. The summed E-state index contributed by atoms with van der Waals surface area (Å²) in [5.41, 5.74) is 1.26. The van der Waals surface area contributed by atoms with Crippen molar-refractivity contribution in [3.63, 3.8) is 0 Å². The van der Waals surface area contributed by atoms with Crippen LogP contribution < -0.4 is 4.90 Å². The van der Waals surface area contributed by atoms with E-state index in [1.165, 1.54) is 12.1 Å². The molecule has 3 nitrogen and oxygen atoms in total. The molecule has 2 atom stereocenters. The van der Waals surface area contributed by atoms with Gasteiger partial charge in [0.15, 0.2) is 0 Å². The van der Waals surface area contributed by atoms with Crippen LogP contribution in [-0.2, 0) is 0 Å². The van der Waals surface area contributed by atoms with Gasteiger partial charge in [0.25, 0.3) is 0 Å². The molecule has 0 aromatic heterocycles. The SMILES string of the molecule is CC(O)CN(C)c1ccc(F)cc1C(C)O. The lowest BCUT2D eigenvalue weighted by atomic mass is 10.1. The van der Waals surface area contributed by atoms with Crippen LogP contribution >= 0.6 is 0 Å². The minimum absolute atomic E-state index is 0.370. The third-order valence-corrected chi connectivity index (χ3v) is 2.39. The van der Waals surface area contributed by atoms with E-state index >= 15 is 0 Å². The number of anilines is 1. The van der Waals surface area contributed by atoms with Gasteiger partial charge in [0, 0.05) is 24.8 Å². The summed E-state index contributed by atoms with van der Waals surface area (Å²) < 4.78 is 13.1. The van der Waals surface area contributed by atoms with Gasteiger partial charge in [-0.1, -0.05) is 0 Å². The molecular formula is C12H18FNO2. The van der Waals surface area contributed by atoms with Gasteiger partial charge in [-0.05, 0) is 32.0 Å². The first-order valence-corrected chi connectivity index (χ1v) is 5.28. The number of hydrogen-bond donors (Lipinski definition) is 2. The highest BCUT2D eigenvalue weighted by molar-refractivity contribution is 5.54. The zero-order chi connectivity index (χ0) is 12.3. The monoisotopic (exact) mass is 227 g/mol. The molecule has 4 heteroatoms. The molecule has 16 heavy (non-hydrogen) atoms. The van der Waals surface area contributed by atoms with Crippen molar-refractivity contribution in [1.29, 1.82) is 0 Å². The standard InChI is InChI=1S/C12H18FNO2/c1-8(15)7-14(3)12-5-4-10(13)6-11(12)9(2)16/h4-6,8-9,15-16H,7H2,1-3H3. The summed E-state index contributed by atoms with van der Waals surface area (Å²) in [6.07, 6.45) is -1.21. The van der Waals surface area contributed by atoms with Gasteiger partial charge in [0.2, 0.25) is 0 Å². The summed E-state index contributed by atoms with van der Waals surface area (Å²) in [6, 6.07) is 4.28. The normalized spacial score (nSPS) is 14.6. The van der Waals surface area contributed by atoms with Crippen molar-refractivity contribution in [1.82, 2.24) is 0 Å². The summed E-state index contributed by atoms with van der Waals surface area (Å²) in [5, 5.41) is 18.8. The fourth-order valence-electron chi connectivity index (χ4n) is 1.70. The number of aliphatic hydroxyl groups is 2. The molecule has 1 aromatic rings. The van der Waals surface area contributed by atoms with Gasteiger partial charge in [-0.2, -0.15) is 0 Å². The molecule has 0 aliphatic heterocycles. The van der Waals surface area contributed by atoms with Crippen molar-refractivity contribution in [2.45, 2.75) is 26.1 Å². The molecule has 1 aromatic carbocycles. The molecule has 0 amide bonds. The molecular weight excluding hydrogens is 209 g/mol. The first kappa shape index (κ1) is 12.9. The van der Waals surface area contributed by atoms with Gasteiger partial charge in [0.1, 0.15) is 5.82 Å². The largest absolute Gasteiger partial charge is 0.392 e. The maximum absolute atomic E-state index is 13.1. The van der Waals surface area contributed by atoms with Crippen LogP contribution in [0.15, 0.2) is 18.2 Å². The third kappa shape index (κ3) is 3.18. The molecule has 2 unspecified atom stereocenters. The maximum atomic E-state index is 13.1. The van der Waals surface area contributed by atoms with Crippen molar-refractivity contribution in [3.05, 3.63) is 29.6 Å². The molecule has 1 rings (SSSR count). The van der Waals surface area contributed by atoms with E-state index in [-0.39, 0.29) is 5.82 Å². The van der Waals surface area contributed by atoms with Crippen LogP contribution in [-0.4, -0.2) is 29.9 Å². The van der Waals surface area contributed by atoms with Crippen LogP contribution in [0, 0.1) is 5.82 Å². The Morgan fingerprint density at radius 2 is 1.94 bits per heavy atom. The first-order chi connectivity index (χ1) is 7.41. The van der Waals surface area contributed by atoms with Gasteiger partial charge in [-0.3, -0.25) is 0 Å². The molecule has 0 fully saturated rings. The fraction of sp³-hybridized carbons (Fsp3) is 0.500. The Labute approximate surface area is 95.1 Å². The van der Waals surface area contributed by atoms with Crippen molar-refractivity contribution >= 4 is 5.69 Å². The summed E-state index contributed by atoms with van der Waals surface area (Å²) in [7, 11) is 1.80. The van der Waals surface area contributed by atoms with Gasteiger partial charge < -0.3 is 15.1 Å². The molecule has 90 valence electrons. The van der Waals surface area contributed by atoms with Gasteiger partial charge in [0.05, 0.1) is 12.2 Å². The van der Waals surface area contributed by atoms with Crippen LogP contribution in [0.2, 0.25) is 0 Å². The van der Waals surface area contributed by atoms with E-state index in [4.69, 9.17) is 0 Å². The van der Waals surface area contributed by atoms with Crippen LogP contribution in [0.1, 0.15) is 25.5 Å². The Kier molecular flexibility index (Phi) is 4.26. The first-order valence-electron chi connectivity index (χ1n) is 5.28. The topological polar surface area (TPSA) is 43.7 Å². The number of rotatable bonds is 4. The van der Waals surface area contributed by atoms with Gasteiger partial charge in [-0.25, -0.2) is 4.39 Å². The minimum atomic E-state index is -0.734. The molecule has 0 radical (unpaired) electrons. The summed E-state index contributed by atoms with van der Waals surface area (Å²) in [4.78, 5) is 1.80. The van der Waals surface area contributed by atoms with E-state index in [1.807, 2.05) is 0 Å². The molecule has 0 aliphatic rings. The lowest BCUT2D eigenvalue weighted by molar-refractivity contribution is 0.195. The highest BCUT2D eigenvalue weighted by Gasteiger charge is 2.13. The van der Waals surface area contributed by atoms with Gasteiger partial charge in [-0.15, -0.1) is 0 Å². The minimum Gasteiger partial charge on any atom is -0.392 e. The molecule has 0 aliphatic carbocycles. The molecule has 0 heterocycles. The Hall–Kier alpha value is -1.13. The average molecular weight is 227 g/mol. The number of nitrogens with zero attached hydrogens (tertiary/aromatic N) is 1. The third-order valence-electron chi connectivity index (χ3n) is 2.39. The predicted molar refractivity (Wildman–Crippen MR) is 62.0 cm³/mol. The Bertz CT molecular complexity index is 353. The number of likely N-dealkylation sites (N-methyl/N-ethyl adjacent to an activating group) is 1. The van der Waals surface area contributed by atoms with Crippen molar-refractivity contribution in [2.24, 2.45) is 0 Å². The number of hydrogen-bond acceptors (Lipinski definition) is 3. The predicted octanol–water partition coefficient (Wildman–Crippen LogP) is 1.70. The Morgan fingerprint density at radius 1 is 1.31 bits per heavy atom. The molecule has 0 saturated carbocycles. The smallest absolute Gasteiger partial charge is 0.123 e. The van der Waals surface area contributed by atoms with Crippen LogP contribution in [0.25, 0.3) is 0 Å². The van der Waals surface area contributed by atoms with E-state index in [2.05, 4.69) is 0 Å². The quantitative estimate of drug-likeness (QED) is 0.822. The fourth-order valence-corrected chi connectivity index (χ4v) is 1.70. The molecule has 2 N–H and O–H groups in total. The maximum Gasteiger partial charge on any atom is 0.123 e. The average Bonchev–Trinajstić information content (AvgIpc) is 2.16. The lowest BCUT2D eigenvalue weighted by Crippen LogP contribution is -2.28. The summed E-state index contributed by atoms with van der Waals surface area (Å²) in [6.45, 7) is 3.71. The van der Waals surface area contributed by atoms with Crippen molar-refractivity contribution in [2.75, 3.05) is 18.5 Å². The molecule has 0 spiro atoms. The van der Waals surface area contributed by atoms with E-state index in [0.29, 0.717) is 12.1 Å². The van der Waals surface area contributed by atoms with Crippen molar-refractivity contribution < 1.29 is 14.6 Å². The number of halogens is 1. The lowest BCUT2D eigenvalue weighted by Gasteiger charge is -2.24. The van der Waals surface area contributed by atoms with Crippen LogP contribution in [0.3, 0.4) is 0 Å². The second-order valence-electron chi connectivity index (χ2n) is 4.11. The zero-order valence-corrected chi connectivity index (χ0v) is 9.81. The second-order valence-corrected chi connectivity index (χ2v) is 4.11. The van der Waals surface area contributed by atoms with E-state index in [9.17, 15) is 14.6 Å². The summed E-state index contributed by atoms with van der Waals surface area (Å²) >= 11 is 0. The van der Waals surface area contributed by atoms with E-state index in [0.717, 1.165) is 5.69 Å². The Balaban J connectivity index is 3.02. The number of benzene rings is 1. The van der Waals surface area contributed by atoms with E-state index < -0.39 is 12.2 Å². The summed E-state index contributed by atoms with van der Waals surface area (Å²) in [5.74, 6) is -0.370. The molecule has 0 bridgehead atoms. The highest BCUT2D eigenvalue weighted by atomic mass is 19.1.